The number of hydrogen-bond donors (Lipinski definition) is 7. The van der Waals surface area contributed by atoms with Crippen LogP contribution in [-0.2, 0) is 60.7 Å². The Kier molecular flexibility index (Phi) is 29.9. The Labute approximate surface area is 489 Å². The van der Waals surface area contributed by atoms with Gasteiger partial charge in [-0.2, -0.15) is 0 Å². The highest BCUT2D eigenvalue weighted by molar-refractivity contribution is 8.07. The van der Waals surface area contributed by atoms with Gasteiger partial charge in [0.1, 0.15) is 12.4 Å². The van der Waals surface area contributed by atoms with Crippen molar-refractivity contribution >= 4 is 64.3 Å². The topological polar surface area (TPSA) is 299 Å². The summed E-state index contributed by atoms with van der Waals surface area (Å²) >= 11 is 4.93. The quantitative estimate of drug-likeness (QED) is 0.00745. The van der Waals surface area contributed by atoms with E-state index in [1.807, 2.05) is 48.5 Å². The van der Waals surface area contributed by atoms with E-state index in [4.69, 9.17) is 70.4 Å². The third-order valence-corrected chi connectivity index (χ3v) is 14.3. The number of nitrogens with one attached hydrogen (secondary N) is 2. The molecule has 0 radical (unpaired) electrons. The van der Waals surface area contributed by atoms with Crippen LogP contribution in [0.5, 0.6) is 11.5 Å². The monoisotopic (exact) mass is 1190 g/mol. The van der Waals surface area contributed by atoms with Crippen molar-refractivity contribution in [1.82, 2.24) is 15.6 Å². The van der Waals surface area contributed by atoms with E-state index in [1.165, 1.54) is 29.3 Å². The summed E-state index contributed by atoms with van der Waals surface area (Å²) in [5.74, 6) is 6.16. The van der Waals surface area contributed by atoms with Crippen molar-refractivity contribution < 1.29 is 71.4 Å². The van der Waals surface area contributed by atoms with Gasteiger partial charge in [0, 0.05) is 61.4 Å². The summed E-state index contributed by atoms with van der Waals surface area (Å²) < 4.78 is 50.2. The third-order valence-electron chi connectivity index (χ3n) is 12.5. The lowest BCUT2D eigenvalue weighted by Crippen LogP contribution is -2.38. The van der Waals surface area contributed by atoms with Gasteiger partial charge < -0.3 is 83.3 Å². The molecule has 2 heterocycles. The molecule has 22 nitrogen and oxygen atoms in total. The van der Waals surface area contributed by atoms with Crippen molar-refractivity contribution in [3.05, 3.63) is 136 Å². The molecular formula is C59H79N6O16PS. The number of hydrogen-bond acceptors (Lipinski definition) is 19. The van der Waals surface area contributed by atoms with Crippen molar-refractivity contribution in [2.45, 2.75) is 52.0 Å². The van der Waals surface area contributed by atoms with Crippen molar-refractivity contribution in [2.75, 3.05) is 118 Å². The number of aliphatic hydroxyl groups is 1. The summed E-state index contributed by atoms with van der Waals surface area (Å²) in [7, 11) is 1.00. The molecule has 0 saturated carbocycles. The molecule has 0 fully saturated rings. The van der Waals surface area contributed by atoms with Crippen LogP contribution in [0, 0.1) is 0 Å². The van der Waals surface area contributed by atoms with E-state index in [0.29, 0.717) is 113 Å². The maximum Gasteiger partial charge on any atom is 0.324 e. The van der Waals surface area contributed by atoms with E-state index in [9.17, 15) is 29.2 Å². The Bertz CT molecular complexity index is 2980. The zero-order chi connectivity index (χ0) is 59.8. The first kappa shape index (κ1) is 67.2. The number of phenolic OH excluding ortho intramolecular Hbond substituents is 1. The Balaban J connectivity index is 0.00000624. The average Bonchev–Trinajstić information content (AvgIpc) is 3.66. The van der Waals surface area contributed by atoms with Gasteiger partial charge >= 0.3 is 6.72 Å². The van der Waals surface area contributed by atoms with Crippen molar-refractivity contribution in [1.29, 1.82) is 0 Å². The van der Waals surface area contributed by atoms with Crippen molar-refractivity contribution in [3.8, 4) is 22.8 Å². The van der Waals surface area contributed by atoms with Crippen molar-refractivity contribution in [3.63, 3.8) is 0 Å². The zero-order valence-electron chi connectivity index (χ0n) is 47.3. The molecule has 0 aliphatic carbocycles. The van der Waals surface area contributed by atoms with E-state index in [-0.39, 0.29) is 104 Å². The lowest BCUT2D eigenvalue weighted by atomic mass is 9.95. The summed E-state index contributed by atoms with van der Waals surface area (Å²) in [6.45, 7) is 7.60. The Morgan fingerprint density at radius 2 is 1.40 bits per heavy atom. The highest BCUT2D eigenvalue weighted by Gasteiger charge is 2.28. The number of ether oxygens (including phenoxy) is 6. The number of unbranched alkanes of at least 4 members (excludes halogenated alkanes) is 3. The molecule has 1 aliphatic heterocycles. The molecule has 452 valence electrons. The number of aromatic hydroxyl groups is 1. The van der Waals surface area contributed by atoms with Gasteiger partial charge in [0.25, 0.3) is 5.91 Å². The van der Waals surface area contributed by atoms with Gasteiger partial charge in [0.15, 0.2) is 16.8 Å². The molecule has 1 aromatic heterocycles. The van der Waals surface area contributed by atoms with Crippen LogP contribution < -0.4 is 37.3 Å². The molecule has 0 bridgehead atoms. The molecule has 4 aromatic carbocycles. The standard InChI is InChI=1S/C58H75N6O15PS.CH4O/c1-3-28-76-57-49(65)22-21-47-50(66)40-51(79-56(47)57)42-17-19-43(20-18-42)58(69)62-26-30-71-32-34-73-36-38-75-39-37-74-35-33-72-31-27-64(60)55-46-15-9-10-16-48(46)63(41-44-13-7-8-14-45(44)54(55)59)53(68)24-23-52(67)61-25-11-5-6-12-29-78-80(70,81)77-4-2;1-2/h3,7-10,13-22,40,65H,1,4-6,11-12,23-39,41,59-60H2,2H3,(H,61,67)(H,62,69)(H,70,81);2H,1H3/b55-54-;. The van der Waals surface area contributed by atoms with Gasteiger partial charge in [0.2, 0.25) is 17.6 Å². The molecule has 1 atom stereocenters. The normalized spacial score (nSPS) is 13.6. The fourth-order valence-corrected chi connectivity index (χ4v) is 9.81. The first-order valence-electron chi connectivity index (χ1n) is 27.5. The van der Waals surface area contributed by atoms with Crippen LogP contribution >= 0.6 is 6.72 Å². The second-order valence-corrected chi connectivity index (χ2v) is 21.2. The predicted molar refractivity (Wildman–Crippen MR) is 321 cm³/mol. The largest absolute Gasteiger partial charge is 0.504 e. The van der Waals surface area contributed by atoms with E-state index in [2.05, 4.69) is 17.2 Å². The highest BCUT2D eigenvalue weighted by atomic mass is 32.5. The minimum absolute atomic E-state index is 0.000138. The molecule has 5 aromatic rings. The lowest BCUT2D eigenvalue weighted by Gasteiger charge is -2.33. The Morgan fingerprint density at radius 3 is 2.07 bits per heavy atom. The lowest BCUT2D eigenvalue weighted by molar-refractivity contribution is -0.125. The summed E-state index contributed by atoms with van der Waals surface area (Å²) in [4.78, 5) is 64.0. The SMILES string of the molecule is C=CCOc1c(O)ccc2c(=O)cc(-c3ccc(C(=O)NCCOCCOCCOCCOCCOCCN(N)/C4=C(\N)c5ccccc5CN(C(=O)CCC(=O)NCCCCCCOP(O)(=S)OCC)c5ccccc54)cc3)oc12.CO. The molecule has 1 unspecified atom stereocenters. The fourth-order valence-electron chi connectivity index (χ4n) is 8.51. The van der Waals surface area contributed by atoms with Gasteiger partial charge in [-0.25, -0.2) is 5.84 Å². The molecule has 0 spiro atoms. The zero-order valence-corrected chi connectivity index (χ0v) is 49.0. The number of rotatable bonds is 37. The molecule has 3 amide bonds. The summed E-state index contributed by atoms with van der Waals surface area (Å²) in [6.07, 6.45) is 4.71. The van der Waals surface area contributed by atoms with Crippen LogP contribution in [0.1, 0.15) is 72.5 Å². The number of fused-ring (bicyclic) bond motifs is 3. The number of benzene rings is 4. The van der Waals surface area contributed by atoms with Gasteiger partial charge in [0.05, 0.1) is 115 Å². The van der Waals surface area contributed by atoms with Crippen LogP contribution in [-0.4, -0.2) is 150 Å². The Morgan fingerprint density at radius 1 is 0.771 bits per heavy atom. The van der Waals surface area contributed by atoms with Gasteiger partial charge in [-0.1, -0.05) is 80.1 Å². The van der Waals surface area contributed by atoms with Crippen LogP contribution in [0.3, 0.4) is 0 Å². The minimum Gasteiger partial charge on any atom is -0.504 e. The number of nitrogens with two attached hydrogens (primary N) is 2. The van der Waals surface area contributed by atoms with Crippen LogP contribution in [0.4, 0.5) is 5.69 Å². The number of para-hydroxylation sites is 1. The number of carbonyl (C=O) groups excluding carboxylic acids is 3. The number of anilines is 1. The van der Waals surface area contributed by atoms with E-state index >= 15 is 0 Å². The number of hydrazine groups is 1. The fraction of sp³-hybridized carbons (Fsp3) is 0.424. The number of amides is 3. The minimum atomic E-state index is -3.17. The molecule has 1 aliphatic rings. The maximum atomic E-state index is 14.0. The molecular weight excluding hydrogens is 1110 g/mol. The Hall–Kier alpha value is -6.57. The molecule has 6 rings (SSSR count). The number of nitrogens with zero attached hydrogens (tertiary/aromatic N) is 2. The number of carbonyl (C=O) groups is 3. The summed E-state index contributed by atoms with van der Waals surface area (Å²) in [5.41, 5.74) is 11.6. The maximum absolute atomic E-state index is 14.0. The third kappa shape index (κ3) is 21.9. The van der Waals surface area contributed by atoms with Crippen LogP contribution in [0.15, 0.2) is 113 Å². The summed E-state index contributed by atoms with van der Waals surface area (Å²) in [5, 5.41) is 24.8. The highest BCUT2D eigenvalue weighted by Crippen LogP contribution is 2.43. The molecule has 9 N–H and O–H groups in total. The smallest absolute Gasteiger partial charge is 0.324 e. The second-order valence-electron chi connectivity index (χ2n) is 18.4. The predicted octanol–water partition coefficient (Wildman–Crippen LogP) is 6.39. The average molecular weight is 1190 g/mol. The number of phenols is 1. The molecule has 83 heavy (non-hydrogen) atoms. The van der Waals surface area contributed by atoms with E-state index < -0.39 is 6.72 Å². The molecule has 24 heteroatoms. The van der Waals surface area contributed by atoms with E-state index in [0.717, 1.165) is 37.5 Å². The summed E-state index contributed by atoms with van der Waals surface area (Å²) in [6, 6.07) is 25.8. The first-order chi connectivity index (χ1) is 40.3. The van der Waals surface area contributed by atoms with Crippen LogP contribution in [0.25, 0.3) is 33.7 Å². The van der Waals surface area contributed by atoms with Crippen LogP contribution in [0.2, 0.25) is 0 Å². The van der Waals surface area contributed by atoms with Crippen molar-refractivity contribution in [2.24, 2.45) is 11.6 Å². The number of aliphatic hydroxyl groups excluding tert-OH is 1. The van der Waals surface area contributed by atoms with Gasteiger partial charge in [-0.05, 0) is 67.5 Å². The first-order valence-corrected chi connectivity index (χ1v) is 30.0. The van der Waals surface area contributed by atoms with E-state index in [1.54, 1.807) is 36.1 Å². The molecule has 0 saturated heterocycles. The van der Waals surface area contributed by atoms with Gasteiger partial charge in [-0.3, -0.25) is 19.2 Å². The second kappa shape index (κ2) is 36.9. The van der Waals surface area contributed by atoms with Gasteiger partial charge in [-0.15, -0.1) is 0 Å².